The third-order valence-electron chi connectivity index (χ3n) is 5.66. The van der Waals surface area contributed by atoms with Crippen LogP contribution in [0, 0.1) is 17.8 Å². The molecule has 0 radical (unpaired) electrons. The monoisotopic (exact) mass is 330 g/mol. The molecule has 25 heavy (non-hydrogen) atoms. The molecule has 4 atom stereocenters. The number of para-hydroxylation sites is 2. The van der Waals surface area contributed by atoms with Crippen molar-refractivity contribution in [2.75, 3.05) is 10.2 Å². The minimum Gasteiger partial charge on any atom is -0.377 e. The fourth-order valence-electron chi connectivity index (χ4n) is 4.58. The molecule has 2 amide bonds. The van der Waals surface area contributed by atoms with Gasteiger partial charge in [-0.25, -0.2) is 4.90 Å². The maximum atomic E-state index is 13.2. The highest BCUT2D eigenvalue weighted by Gasteiger charge is 2.57. The van der Waals surface area contributed by atoms with Crippen LogP contribution in [0.1, 0.15) is 12.5 Å². The normalized spacial score (nSPS) is 29.6. The van der Waals surface area contributed by atoms with Gasteiger partial charge in [0.1, 0.15) is 0 Å². The number of anilines is 2. The molecule has 1 unspecified atom stereocenters. The van der Waals surface area contributed by atoms with E-state index in [1.165, 1.54) is 4.90 Å². The second-order valence-electron chi connectivity index (χ2n) is 7.05. The quantitative estimate of drug-likeness (QED) is 0.816. The average Bonchev–Trinajstić information content (AvgIpc) is 3.12. The molecule has 2 aromatic carbocycles. The van der Waals surface area contributed by atoms with Gasteiger partial charge in [-0.2, -0.15) is 0 Å². The van der Waals surface area contributed by atoms with Crippen LogP contribution >= 0.6 is 0 Å². The van der Waals surface area contributed by atoms with Gasteiger partial charge >= 0.3 is 0 Å². The number of hydrogen-bond donors (Lipinski definition) is 1. The van der Waals surface area contributed by atoms with Crippen LogP contribution in [0.3, 0.4) is 0 Å². The van der Waals surface area contributed by atoms with Gasteiger partial charge in [0.05, 0.1) is 23.6 Å². The highest BCUT2D eigenvalue weighted by Crippen LogP contribution is 2.50. The van der Waals surface area contributed by atoms with Crippen molar-refractivity contribution in [1.82, 2.24) is 0 Å². The molecule has 3 aliphatic rings. The molecule has 1 aliphatic carbocycles. The minimum absolute atomic E-state index is 0.0365. The van der Waals surface area contributed by atoms with Crippen LogP contribution in [0.2, 0.25) is 0 Å². The molecule has 0 saturated carbocycles. The van der Waals surface area contributed by atoms with Crippen molar-refractivity contribution in [3.8, 4) is 0 Å². The van der Waals surface area contributed by atoms with E-state index < -0.39 is 0 Å². The van der Waals surface area contributed by atoms with E-state index in [-0.39, 0.29) is 35.6 Å². The van der Waals surface area contributed by atoms with Gasteiger partial charge in [-0.1, -0.05) is 49.4 Å². The zero-order valence-electron chi connectivity index (χ0n) is 13.8. The van der Waals surface area contributed by atoms with Gasteiger partial charge in [-0.15, -0.1) is 0 Å². The molecule has 124 valence electrons. The van der Waals surface area contributed by atoms with Gasteiger partial charge in [0.2, 0.25) is 11.8 Å². The van der Waals surface area contributed by atoms with Crippen molar-refractivity contribution in [3.63, 3.8) is 0 Å². The molecular weight excluding hydrogens is 312 g/mol. The number of nitrogens with zero attached hydrogens (tertiary/aromatic N) is 1. The summed E-state index contributed by atoms with van der Waals surface area (Å²) in [5, 5.41) is 3.48. The fraction of sp³-hybridized carbons (Fsp3) is 0.238. The number of rotatable bonds is 1. The number of amides is 2. The Bertz CT molecular complexity index is 919. The van der Waals surface area contributed by atoms with Gasteiger partial charge in [0.15, 0.2) is 0 Å². The van der Waals surface area contributed by atoms with Crippen LogP contribution < -0.4 is 10.2 Å². The molecule has 0 bridgehead atoms. The van der Waals surface area contributed by atoms with Crippen LogP contribution in [0.25, 0.3) is 5.57 Å². The lowest BCUT2D eigenvalue weighted by atomic mass is 9.72. The van der Waals surface area contributed by atoms with Crippen LogP contribution in [0.5, 0.6) is 0 Å². The molecule has 4 heteroatoms. The summed E-state index contributed by atoms with van der Waals surface area (Å²) in [5.41, 5.74) is 4.01. The number of fused-ring (bicyclic) bond motifs is 5. The Morgan fingerprint density at radius 2 is 1.56 bits per heavy atom. The predicted molar refractivity (Wildman–Crippen MR) is 96.9 cm³/mol. The summed E-state index contributed by atoms with van der Waals surface area (Å²) >= 11 is 0. The lowest BCUT2D eigenvalue weighted by molar-refractivity contribution is -0.122. The summed E-state index contributed by atoms with van der Waals surface area (Å²) in [6.07, 6.45) is 2.17. The van der Waals surface area contributed by atoms with Crippen molar-refractivity contribution < 1.29 is 9.59 Å². The maximum absolute atomic E-state index is 13.2. The molecule has 2 aliphatic heterocycles. The molecule has 2 heterocycles. The van der Waals surface area contributed by atoms with Crippen LogP contribution in [0.4, 0.5) is 11.4 Å². The van der Waals surface area contributed by atoms with E-state index in [0.29, 0.717) is 5.69 Å². The number of allylic oxidation sites excluding steroid dienone is 1. The van der Waals surface area contributed by atoms with E-state index in [2.05, 4.69) is 17.5 Å². The Morgan fingerprint density at radius 3 is 2.36 bits per heavy atom. The number of nitrogens with one attached hydrogen (secondary N) is 1. The third kappa shape index (κ3) is 1.88. The molecule has 1 N–H and O–H groups in total. The van der Waals surface area contributed by atoms with Gasteiger partial charge in [0, 0.05) is 11.3 Å². The van der Waals surface area contributed by atoms with Crippen LogP contribution in [0.15, 0.2) is 60.7 Å². The largest absolute Gasteiger partial charge is 0.377 e. The SMILES string of the molecule is C[C@@H]1C=C2c3ccccc3NC2[C@@H]2C(=O)N(c3ccccc3)C(=O)[C@H]12. The zero-order valence-corrected chi connectivity index (χ0v) is 13.8. The fourth-order valence-corrected chi connectivity index (χ4v) is 4.58. The first-order valence-corrected chi connectivity index (χ1v) is 8.67. The Labute approximate surface area is 146 Å². The van der Waals surface area contributed by atoms with Gasteiger partial charge in [0.25, 0.3) is 0 Å². The summed E-state index contributed by atoms with van der Waals surface area (Å²) in [4.78, 5) is 27.7. The zero-order chi connectivity index (χ0) is 17.1. The molecule has 0 spiro atoms. The maximum Gasteiger partial charge on any atom is 0.240 e. The van der Waals surface area contributed by atoms with E-state index in [9.17, 15) is 9.59 Å². The van der Waals surface area contributed by atoms with E-state index in [4.69, 9.17) is 0 Å². The minimum atomic E-state index is -0.352. The third-order valence-corrected chi connectivity index (χ3v) is 5.66. The Balaban J connectivity index is 1.60. The molecule has 1 saturated heterocycles. The summed E-state index contributed by atoms with van der Waals surface area (Å²) in [7, 11) is 0. The van der Waals surface area contributed by atoms with Crippen molar-refractivity contribution in [2.24, 2.45) is 17.8 Å². The predicted octanol–water partition coefficient (Wildman–Crippen LogP) is 3.32. The number of hydrogen-bond acceptors (Lipinski definition) is 3. The summed E-state index contributed by atoms with van der Waals surface area (Å²) < 4.78 is 0. The molecule has 5 rings (SSSR count). The summed E-state index contributed by atoms with van der Waals surface area (Å²) in [6, 6.07) is 17.2. The van der Waals surface area contributed by atoms with E-state index in [1.807, 2.05) is 55.5 Å². The van der Waals surface area contributed by atoms with Crippen molar-refractivity contribution in [3.05, 3.63) is 66.2 Å². The van der Waals surface area contributed by atoms with Crippen molar-refractivity contribution >= 4 is 28.8 Å². The van der Waals surface area contributed by atoms with E-state index in [1.54, 1.807) is 0 Å². The van der Waals surface area contributed by atoms with Crippen LogP contribution in [-0.2, 0) is 9.59 Å². The Morgan fingerprint density at radius 1 is 0.880 bits per heavy atom. The van der Waals surface area contributed by atoms with E-state index in [0.717, 1.165) is 16.8 Å². The van der Waals surface area contributed by atoms with Crippen molar-refractivity contribution in [2.45, 2.75) is 13.0 Å². The standard InChI is InChI=1S/C21H18N2O2/c1-12-11-15-14-9-5-6-10-16(14)22-19(15)18-17(12)20(24)23(21(18)25)13-7-3-2-4-8-13/h2-12,17-19,22H,1H3/t12-,17-,18-,19?/m1/s1. The topological polar surface area (TPSA) is 49.4 Å². The van der Waals surface area contributed by atoms with Crippen LogP contribution in [-0.4, -0.2) is 17.9 Å². The molecular formula is C21H18N2O2. The highest BCUT2D eigenvalue weighted by molar-refractivity contribution is 6.23. The smallest absolute Gasteiger partial charge is 0.240 e. The molecule has 4 nitrogen and oxygen atoms in total. The average molecular weight is 330 g/mol. The lowest BCUT2D eigenvalue weighted by Gasteiger charge is -2.31. The van der Waals surface area contributed by atoms with Gasteiger partial charge < -0.3 is 5.32 Å². The summed E-state index contributed by atoms with van der Waals surface area (Å²) in [5.74, 6) is -0.793. The number of benzene rings is 2. The van der Waals surface area contributed by atoms with Gasteiger partial charge in [-0.3, -0.25) is 9.59 Å². The second kappa shape index (κ2) is 5.06. The van der Waals surface area contributed by atoms with Crippen molar-refractivity contribution in [1.29, 1.82) is 0 Å². The first-order valence-electron chi connectivity index (χ1n) is 8.67. The first-order chi connectivity index (χ1) is 12.2. The lowest BCUT2D eigenvalue weighted by Crippen LogP contribution is -2.40. The number of carbonyl (C=O) groups is 2. The highest BCUT2D eigenvalue weighted by atomic mass is 16.2. The molecule has 1 fully saturated rings. The summed E-state index contributed by atoms with van der Waals surface area (Å²) in [6.45, 7) is 2.04. The number of carbonyl (C=O) groups excluding carboxylic acids is 2. The first kappa shape index (κ1) is 14.5. The van der Waals surface area contributed by atoms with Gasteiger partial charge in [-0.05, 0) is 29.7 Å². The van der Waals surface area contributed by atoms with E-state index >= 15 is 0 Å². The second-order valence-corrected chi connectivity index (χ2v) is 7.05. The Kier molecular flexibility index (Phi) is 2.93. The molecule has 0 aromatic heterocycles. The Hall–Kier alpha value is -2.88. The molecule has 2 aromatic rings. The number of imide groups is 1.